The number of benzene rings is 1. The number of hydrogen-bond donors (Lipinski definition) is 1. The third kappa shape index (κ3) is 3.45. The predicted octanol–water partition coefficient (Wildman–Crippen LogP) is 3.46. The van der Waals surface area contributed by atoms with Gasteiger partial charge in [0.15, 0.2) is 0 Å². The summed E-state index contributed by atoms with van der Waals surface area (Å²) in [6.07, 6.45) is 4.03. The number of fused-ring (bicyclic) bond motifs is 1. The van der Waals surface area contributed by atoms with Gasteiger partial charge in [0.05, 0.1) is 5.56 Å². The Kier molecular flexibility index (Phi) is 4.09. The number of hydrogen-bond acceptors (Lipinski definition) is 2. The summed E-state index contributed by atoms with van der Waals surface area (Å²) in [6, 6.07) is 10.2. The molecule has 0 bridgehead atoms. The van der Waals surface area contributed by atoms with Crippen LogP contribution in [0.15, 0.2) is 48.8 Å². The van der Waals surface area contributed by atoms with Gasteiger partial charge < -0.3 is 9.88 Å². The Balaban J connectivity index is 1.76. The second-order valence-corrected chi connectivity index (χ2v) is 6.71. The zero-order valence-corrected chi connectivity index (χ0v) is 14.0. The minimum atomic E-state index is -0.503. The van der Waals surface area contributed by atoms with E-state index in [9.17, 15) is 9.18 Å². The number of nitrogens with one attached hydrogen (secondary N) is 1. The van der Waals surface area contributed by atoms with Crippen molar-refractivity contribution < 1.29 is 9.18 Å². The topological polar surface area (TPSA) is 46.9 Å². The van der Waals surface area contributed by atoms with E-state index in [-0.39, 0.29) is 11.7 Å². The van der Waals surface area contributed by atoms with Crippen molar-refractivity contribution in [3.05, 3.63) is 65.7 Å². The number of amides is 1. The zero-order chi connectivity index (χ0) is 17.3. The summed E-state index contributed by atoms with van der Waals surface area (Å²) in [5.41, 5.74) is 1.69. The first-order valence-corrected chi connectivity index (χ1v) is 7.82. The van der Waals surface area contributed by atoms with Crippen LogP contribution in [0.2, 0.25) is 0 Å². The second kappa shape index (κ2) is 6.07. The van der Waals surface area contributed by atoms with Crippen molar-refractivity contribution in [2.24, 2.45) is 7.05 Å². The number of aromatic nitrogens is 2. The number of halogens is 1. The molecule has 124 valence electrons. The highest BCUT2D eigenvalue weighted by Crippen LogP contribution is 2.17. The monoisotopic (exact) mass is 325 g/mol. The molecule has 0 saturated carbocycles. The van der Waals surface area contributed by atoms with E-state index in [2.05, 4.69) is 10.3 Å². The highest BCUT2D eigenvalue weighted by molar-refractivity contribution is 5.97. The summed E-state index contributed by atoms with van der Waals surface area (Å²) in [5.74, 6) is -0.456. The molecule has 5 heteroatoms. The molecule has 4 nitrogen and oxygen atoms in total. The number of carbonyl (C=O) groups excluding carboxylic acids is 1. The highest BCUT2D eigenvalue weighted by atomic mass is 19.1. The third-order valence-electron chi connectivity index (χ3n) is 3.96. The smallest absolute Gasteiger partial charge is 0.253 e. The van der Waals surface area contributed by atoms with Gasteiger partial charge in [0.2, 0.25) is 0 Å². The van der Waals surface area contributed by atoms with Crippen LogP contribution in [0.3, 0.4) is 0 Å². The summed E-state index contributed by atoms with van der Waals surface area (Å²) in [4.78, 5) is 16.9. The molecule has 0 radical (unpaired) electrons. The molecule has 0 atom stereocenters. The van der Waals surface area contributed by atoms with Crippen molar-refractivity contribution in [1.82, 2.24) is 14.9 Å². The lowest BCUT2D eigenvalue weighted by atomic mass is 9.94. The van der Waals surface area contributed by atoms with E-state index in [1.165, 1.54) is 12.1 Å². The van der Waals surface area contributed by atoms with Crippen LogP contribution in [0.5, 0.6) is 0 Å². The molecule has 3 aromatic rings. The lowest BCUT2D eigenvalue weighted by Crippen LogP contribution is -2.45. The van der Waals surface area contributed by atoms with Crippen LogP contribution in [0.4, 0.5) is 4.39 Å². The average Bonchev–Trinajstić information content (AvgIpc) is 2.87. The normalized spacial score (nSPS) is 11.7. The quantitative estimate of drug-likeness (QED) is 0.798. The van der Waals surface area contributed by atoms with Crippen molar-refractivity contribution in [1.29, 1.82) is 0 Å². The van der Waals surface area contributed by atoms with Gasteiger partial charge in [0.25, 0.3) is 5.91 Å². The van der Waals surface area contributed by atoms with Gasteiger partial charge in [0.1, 0.15) is 11.5 Å². The number of pyridine rings is 1. The number of rotatable bonds is 4. The van der Waals surface area contributed by atoms with Gasteiger partial charge in [-0.2, -0.15) is 0 Å². The molecule has 0 spiro atoms. The van der Waals surface area contributed by atoms with Crippen LogP contribution in [0, 0.1) is 5.82 Å². The Morgan fingerprint density at radius 1 is 1.29 bits per heavy atom. The Hall–Kier alpha value is -2.69. The molecule has 0 aliphatic rings. The molecular formula is C19H20FN3O. The van der Waals surface area contributed by atoms with Gasteiger partial charge in [-0.15, -0.1) is 0 Å². The molecule has 24 heavy (non-hydrogen) atoms. The minimum Gasteiger partial charge on any atom is -0.347 e. The van der Waals surface area contributed by atoms with Crippen molar-refractivity contribution >= 4 is 16.9 Å². The van der Waals surface area contributed by atoms with Crippen molar-refractivity contribution in [3.8, 4) is 0 Å². The molecule has 0 aliphatic heterocycles. The van der Waals surface area contributed by atoms with E-state index >= 15 is 0 Å². The molecule has 1 amide bonds. The van der Waals surface area contributed by atoms with E-state index in [1.54, 1.807) is 12.3 Å². The highest BCUT2D eigenvalue weighted by Gasteiger charge is 2.22. The van der Waals surface area contributed by atoms with Crippen molar-refractivity contribution in [3.63, 3.8) is 0 Å². The molecule has 0 unspecified atom stereocenters. The first kappa shape index (κ1) is 16.2. The molecule has 0 aliphatic carbocycles. The summed E-state index contributed by atoms with van der Waals surface area (Å²) < 4.78 is 15.2. The van der Waals surface area contributed by atoms with Crippen molar-refractivity contribution in [2.45, 2.75) is 25.8 Å². The van der Waals surface area contributed by atoms with Gasteiger partial charge in [-0.3, -0.25) is 4.79 Å². The maximum Gasteiger partial charge on any atom is 0.253 e. The molecule has 3 rings (SSSR count). The Morgan fingerprint density at radius 3 is 2.83 bits per heavy atom. The van der Waals surface area contributed by atoms with E-state index in [0.717, 1.165) is 16.6 Å². The second-order valence-electron chi connectivity index (χ2n) is 6.71. The Labute approximate surface area is 140 Å². The lowest BCUT2D eigenvalue weighted by molar-refractivity contribution is 0.0913. The van der Waals surface area contributed by atoms with Crippen LogP contribution in [-0.4, -0.2) is 21.0 Å². The summed E-state index contributed by atoms with van der Waals surface area (Å²) in [7, 11) is 1.91. The average molecular weight is 325 g/mol. The van der Waals surface area contributed by atoms with E-state index in [4.69, 9.17) is 0 Å². The first-order valence-electron chi connectivity index (χ1n) is 7.82. The SMILES string of the molecule is Cn1ccc2cc(C(=O)NC(C)(C)Cc3cccc(F)c3)cnc21. The molecule has 1 aromatic carbocycles. The largest absolute Gasteiger partial charge is 0.347 e. The number of aryl methyl sites for hydroxylation is 1. The number of nitrogens with zero attached hydrogens (tertiary/aromatic N) is 2. The van der Waals surface area contributed by atoms with Gasteiger partial charge in [-0.05, 0) is 50.1 Å². The summed E-state index contributed by atoms with van der Waals surface area (Å²) in [6.45, 7) is 3.84. The lowest BCUT2D eigenvalue weighted by Gasteiger charge is -2.26. The van der Waals surface area contributed by atoms with Crippen LogP contribution in [-0.2, 0) is 13.5 Å². The van der Waals surface area contributed by atoms with Crippen molar-refractivity contribution in [2.75, 3.05) is 0 Å². The molecular weight excluding hydrogens is 305 g/mol. The molecule has 1 N–H and O–H groups in total. The zero-order valence-electron chi connectivity index (χ0n) is 14.0. The fraction of sp³-hybridized carbons (Fsp3) is 0.263. The summed E-state index contributed by atoms with van der Waals surface area (Å²) >= 11 is 0. The van der Waals surface area contributed by atoms with Gasteiger partial charge in [-0.1, -0.05) is 12.1 Å². The van der Waals surface area contributed by atoms with E-state index in [1.807, 2.05) is 49.9 Å². The predicted molar refractivity (Wildman–Crippen MR) is 92.4 cm³/mol. The summed E-state index contributed by atoms with van der Waals surface area (Å²) in [5, 5.41) is 3.93. The number of carbonyl (C=O) groups is 1. The van der Waals surface area contributed by atoms with Gasteiger partial charge in [0, 0.05) is 30.4 Å². The van der Waals surface area contributed by atoms with Gasteiger partial charge >= 0.3 is 0 Å². The van der Waals surface area contributed by atoms with Crippen LogP contribution in [0.1, 0.15) is 29.8 Å². The first-order chi connectivity index (χ1) is 11.3. The maximum atomic E-state index is 13.3. The minimum absolute atomic E-state index is 0.186. The van der Waals surface area contributed by atoms with Crippen LogP contribution >= 0.6 is 0 Å². The fourth-order valence-electron chi connectivity index (χ4n) is 2.86. The molecule has 0 saturated heterocycles. The Morgan fingerprint density at radius 2 is 2.08 bits per heavy atom. The molecule has 2 heterocycles. The van der Waals surface area contributed by atoms with Crippen LogP contribution < -0.4 is 5.32 Å². The fourth-order valence-corrected chi connectivity index (χ4v) is 2.86. The van der Waals surface area contributed by atoms with E-state index < -0.39 is 5.54 Å². The Bertz CT molecular complexity index is 899. The molecule has 2 aromatic heterocycles. The molecule has 0 fully saturated rings. The van der Waals surface area contributed by atoms with Crippen LogP contribution in [0.25, 0.3) is 11.0 Å². The third-order valence-corrected chi connectivity index (χ3v) is 3.96. The van der Waals surface area contributed by atoms with Gasteiger partial charge in [-0.25, -0.2) is 9.37 Å². The van der Waals surface area contributed by atoms with E-state index in [0.29, 0.717) is 12.0 Å². The maximum absolute atomic E-state index is 13.3. The standard InChI is InChI=1S/C19H20FN3O/c1-19(2,11-13-5-4-6-16(20)9-13)22-18(24)15-10-14-7-8-23(3)17(14)21-12-15/h4-10,12H,11H2,1-3H3,(H,22,24).